The predicted octanol–water partition coefficient (Wildman–Crippen LogP) is 4.58. The largest absolute Gasteiger partial charge is 0.323 e. The van der Waals surface area contributed by atoms with Crippen LogP contribution in [0.4, 0.5) is 21.9 Å². The highest BCUT2D eigenvalue weighted by molar-refractivity contribution is 6.04. The van der Waals surface area contributed by atoms with Gasteiger partial charge < -0.3 is 16.0 Å². The predicted molar refractivity (Wildman–Crippen MR) is 99.9 cm³/mol. The normalized spacial score (nSPS) is 9.92. The van der Waals surface area contributed by atoms with E-state index < -0.39 is 0 Å². The van der Waals surface area contributed by atoms with Gasteiger partial charge in [-0.3, -0.25) is 4.79 Å². The smallest absolute Gasteiger partial charge is 0.322 e. The molecular weight excluding hydrogens is 314 g/mol. The summed E-state index contributed by atoms with van der Waals surface area (Å²) in [6.07, 6.45) is 0. The summed E-state index contributed by atoms with van der Waals surface area (Å²) < 4.78 is 0. The first kappa shape index (κ1) is 16.3. The molecule has 3 N–H and O–H groups in total. The van der Waals surface area contributed by atoms with Crippen LogP contribution in [0.1, 0.15) is 10.4 Å². The number of carbonyl (C=O) groups is 2. The van der Waals surface area contributed by atoms with Crippen LogP contribution < -0.4 is 16.0 Å². The van der Waals surface area contributed by atoms with Gasteiger partial charge in [-0.1, -0.05) is 36.4 Å². The van der Waals surface area contributed by atoms with Crippen molar-refractivity contribution in [1.82, 2.24) is 0 Å². The molecule has 0 saturated heterocycles. The Morgan fingerprint density at radius 1 is 0.520 bits per heavy atom. The van der Waals surface area contributed by atoms with Crippen molar-refractivity contribution in [1.29, 1.82) is 0 Å². The molecule has 3 amide bonds. The van der Waals surface area contributed by atoms with E-state index in [1.54, 1.807) is 36.4 Å². The molecule has 3 aromatic rings. The second-order valence-corrected chi connectivity index (χ2v) is 5.34. The number of hydrogen-bond donors (Lipinski definition) is 3. The van der Waals surface area contributed by atoms with E-state index in [0.717, 1.165) is 0 Å². The lowest BCUT2D eigenvalue weighted by Crippen LogP contribution is -2.19. The number of carbonyl (C=O) groups excluding carboxylic acids is 2. The summed E-state index contributed by atoms with van der Waals surface area (Å²) >= 11 is 0. The molecule has 0 bridgehead atoms. The third-order valence-electron chi connectivity index (χ3n) is 3.47. The molecule has 25 heavy (non-hydrogen) atoms. The Morgan fingerprint density at radius 2 is 0.960 bits per heavy atom. The van der Waals surface area contributed by atoms with Crippen LogP contribution in [-0.4, -0.2) is 11.9 Å². The second kappa shape index (κ2) is 7.79. The van der Waals surface area contributed by atoms with E-state index in [0.29, 0.717) is 22.6 Å². The van der Waals surface area contributed by atoms with Gasteiger partial charge in [0.1, 0.15) is 0 Å². The molecule has 0 saturated carbocycles. The van der Waals surface area contributed by atoms with Gasteiger partial charge in [0.15, 0.2) is 0 Å². The van der Waals surface area contributed by atoms with Crippen molar-refractivity contribution in [2.24, 2.45) is 0 Å². The minimum absolute atomic E-state index is 0.178. The molecule has 3 rings (SSSR count). The summed E-state index contributed by atoms with van der Waals surface area (Å²) in [5.74, 6) is -0.178. The summed E-state index contributed by atoms with van der Waals surface area (Å²) in [7, 11) is 0. The van der Waals surface area contributed by atoms with Crippen LogP contribution in [0.15, 0.2) is 84.9 Å². The molecule has 0 aliphatic heterocycles. The quantitative estimate of drug-likeness (QED) is 0.655. The molecule has 3 aromatic carbocycles. The van der Waals surface area contributed by atoms with Gasteiger partial charge in [0.05, 0.1) is 0 Å². The summed E-state index contributed by atoms with van der Waals surface area (Å²) in [5, 5.41) is 8.29. The highest BCUT2D eigenvalue weighted by atomic mass is 16.2. The third kappa shape index (κ3) is 4.68. The number of anilines is 3. The fourth-order valence-electron chi connectivity index (χ4n) is 2.24. The van der Waals surface area contributed by atoms with Gasteiger partial charge >= 0.3 is 6.03 Å². The molecule has 0 aromatic heterocycles. The number of urea groups is 1. The van der Waals surface area contributed by atoms with Gasteiger partial charge in [-0.2, -0.15) is 0 Å². The first-order chi connectivity index (χ1) is 12.2. The molecular formula is C20H17N3O2. The van der Waals surface area contributed by atoms with E-state index in [1.165, 1.54) is 0 Å². The molecule has 0 atom stereocenters. The highest BCUT2D eigenvalue weighted by Gasteiger charge is 2.06. The molecule has 0 spiro atoms. The fourth-order valence-corrected chi connectivity index (χ4v) is 2.24. The van der Waals surface area contributed by atoms with Gasteiger partial charge in [-0.25, -0.2) is 4.79 Å². The van der Waals surface area contributed by atoms with Crippen LogP contribution in [0.25, 0.3) is 0 Å². The SMILES string of the molecule is O=C(Nc1ccccc1)Nc1ccc(NC(=O)c2ccccc2)cc1. The Balaban J connectivity index is 1.57. The van der Waals surface area contributed by atoms with Gasteiger partial charge in [-0.15, -0.1) is 0 Å². The van der Waals surface area contributed by atoms with Crippen LogP contribution in [0, 0.1) is 0 Å². The van der Waals surface area contributed by atoms with Gasteiger partial charge in [-0.05, 0) is 48.5 Å². The van der Waals surface area contributed by atoms with Gasteiger partial charge in [0, 0.05) is 22.6 Å². The minimum Gasteiger partial charge on any atom is -0.322 e. The van der Waals surface area contributed by atoms with Crippen LogP contribution in [-0.2, 0) is 0 Å². The molecule has 5 heteroatoms. The lowest BCUT2D eigenvalue weighted by atomic mass is 10.2. The zero-order valence-electron chi connectivity index (χ0n) is 13.4. The van der Waals surface area contributed by atoms with E-state index in [2.05, 4.69) is 16.0 Å². The first-order valence-corrected chi connectivity index (χ1v) is 7.80. The molecule has 0 fully saturated rings. The number of para-hydroxylation sites is 1. The van der Waals surface area contributed by atoms with E-state index in [1.807, 2.05) is 48.5 Å². The van der Waals surface area contributed by atoms with Crippen molar-refractivity contribution in [3.8, 4) is 0 Å². The van der Waals surface area contributed by atoms with Gasteiger partial charge in [0.2, 0.25) is 0 Å². The number of amides is 3. The topological polar surface area (TPSA) is 70.2 Å². The van der Waals surface area contributed by atoms with Crippen LogP contribution >= 0.6 is 0 Å². The average Bonchev–Trinajstić information content (AvgIpc) is 2.65. The standard InChI is InChI=1S/C20H17N3O2/c24-19(15-7-3-1-4-8-15)21-17-11-13-18(14-12-17)23-20(25)22-16-9-5-2-6-10-16/h1-14H,(H,21,24)(H2,22,23,25). The fraction of sp³-hybridized carbons (Fsp3) is 0. The maximum Gasteiger partial charge on any atom is 0.323 e. The van der Waals surface area contributed by atoms with Gasteiger partial charge in [0.25, 0.3) is 5.91 Å². The van der Waals surface area contributed by atoms with E-state index in [9.17, 15) is 9.59 Å². The van der Waals surface area contributed by atoms with Crippen molar-refractivity contribution in [3.05, 3.63) is 90.5 Å². The molecule has 5 nitrogen and oxygen atoms in total. The van der Waals surface area contributed by atoms with Crippen LogP contribution in [0.2, 0.25) is 0 Å². The molecule has 0 aliphatic rings. The minimum atomic E-state index is -0.327. The van der Waals surface area contributed by atoms with Crippen LogP contribution in [0.3, 0.4) is 0 Å². The summed E-state index contributed by atoms with van der Waals surface area (Å²) in [6, 6.07) is 24.8. The Bertz CT molecular complexity index is 847. The molecule has 0 heterocycles. The third-order valence-corrected chi connectivity index (χ3v) is 3.47. The number of rotatable bonds is 4. The Kier molecular flexibility index (Phi) is 5.07. The van der Waals surface area contributed by atoms with E-state index >= 15 is 0 Å². The zero-order valence-corrected chi connectivity index (χ0v) is 13.4. The second-order valence-electron chi connectivity index (χ2n) is 5.34. The average molecular weight is 331 g/mol. The number of hydrogen-bond acceptors (Lipinski definition) is 2. The first-order valence-electron chi connectivity index (χ1n) is 7.80. The summed E-state index contributed by atoms with van der Waals surface area (Å²) in [5.41, 5.74) is 2.59. The maximum absolute atomic E-state index is 12.1. The Morgan fingerprint density at radius 3 is 1.52 bits per heavy atom. The van der Waals surface area contributed by atoms with E-state index in [-0.39, 0.29) is 11.9 Å². The number of nitrogens with one attached hydrogen (secondary N) is 3. The molecule has 0 unspecified atom stereocenters. The summed E-state index contributed by atoms with van der Waals surface area (Å²) in [6.45, 7) is 0. The Labute approximate surface area is 145 Å². The molecule has 0 aliphatic carbocycles. The molecule has 124 valence electrons. The van der Waals surface area contributed by atoms with Crippen molar-refractivity contribution < 1.29 is 9.59 Å². The monoisotopic (exact) mass is 331 g/mol. The van der Waals surface area contributed by atoms with Crippen molar-refractivity contribution in [2.45, 2.75) is 0 Å². The summed E-state index contributed by atoms with van der Waals surface area (Å²) in [4.78, 5) is 24.0. The van der Waals surface area contributed by atoms with Crippen molar-refractivity contribution in [2.75, 3.05) is 16.0 Å². The van der Waals surface area contributed by atoms with Crippen LogP contribution in [0.5, 0.6) is 0 Å². The Hall–Kier alpha value is -3.60. The highest BCUT2D eigenvalue weighted by Crippen LogP contribution is 2.15. The van der Waals surface area contributed by atoms with Crippen molar-refractivity contribution >= 4 is 29.0 Å². The lowest BCUT2D eigenvalue weighted by molar-refractivity contribution is 0.102. The zero-order chi connectivity index (χ0) is 17.5. The number of benzene rings is 3. The molecule has 0 radical (unpaired) electrons. The maximum atomic E-state index is 12.1. The lowest BCUT2D eigenvalue weighted by Gasteiger charge is -2.09. The van der Waals surface area contributed by atoms with E-state index in [4.69, 9.17) is 0 Å². The van der Waals surface area contributed by atoms with Crippen molar-refractivity contribution in [3.63, 3.8) is 0 Å².